The molecule has 4 aliphatic rings. The third kappa shape index (κ3) is 1.21. The van der Waals surface area contributed by atoms with Crippen LogP contribution in [0.3, 0.4) is 0 Å². The zero-order chi connectivity index (χ0) is 14.4. The molecule has 1 N–H and O–H groups in total. The third-order valence-electron chi connectivity index (χ3n) is 5.46. The molecule has 3 aliphatic carbocycles. The lowest BCUT2D eigenvalue weighted by atomic mass is 9.64. The number of rotatable bonds is 3. The summed E-state index contributed by atoms with van der Waals surface area (Å²) in [6.07, 6.45) is 0.420. The van der Waals surface area contributed by atoms with Gasteiger partial charge in [-0.25, -0.2) is 13.4 Å². The zero-order valence-electron chi connectivity index (χ0n) is 10.6. The van der Waals surface area contributed by atoms with Gasteiger partial charge < -0.3 is 14.0 Å². The van der Waals surface area contributed by atoms with Gasteiger partial charge in [0.1, 0.15) is 12.2 Å². The molecule has 3 saturated carbocycles. The second-order valence-corrected chi connectivity index (χ2v) is 7.54. The highest BCUT2D eigenvalue weighted by Gasteiger charge is 2.86. The zero-order valence-corrected chi connectivity index (χ0v) is 11.4. The summed E-state index contributed by atoms with van der Waals surface area (Å²) in [5.74, 6) is -1.35. The van der Waals surface area contributed by atoms with Gasteiger partial charge in [-0.3, -0.25) is 4.79 Å². The molecule has 8 atom stereocenters. The lowest BCUT2D eigenvalue weighted by Gasteiger charge is -2.46. The Morgan fingerprint density at radius 2 is 2.35 bits per heavy atom. The summed E-state index contributed by atoms with van der Waals surface area (Å²) in [5, 5.41) is -2.97. The average molecular weight is 304 g/mol. The molecule has 0 bridgehead atoms. The van der Waals surface area contributed by atoms with Gasteiger partial charge in [-0.15, -0.1) is 0 Å². The fourth-order valence-corrected chi connectivity index (χ4v) is 4.61. The molecule has 0 aromatic heterocycles. The van der Waals surface area contributed by atoms with E-state index in [4.69, 9.17) is 14.0 Å². The fourth-order valence-electron chi connectivity index (χ4n) is 4.42. The molecule has 0 radical (unpaired) electrons. The van der Waals surface area contributed by atoms with Crippen molar-refractivity contribution in [3.63, 3.8) is 0 Å². The molecule has 1 saturated heterocycles. The van der Waals surface area contributed by atoms with Gasteiger partial charge in [0, 0.05) is 11.3 Å². The average Bonchev–Trinajstić information content (AvgIpc) is 2.92. The van der Waals surface area contributed by atoms with Crippen molar-refractivity contribution in [2.24, 2.45) is 23.2 Å². The van der Waals surface area contributed by atoms with Crippen molar-refractivity contribution < 1.29 is 32.2 Å². The Hall–Kier alpha value is -1.02. The van der Waals surface area contributed by atoms with Crippen molar-refractivity contribution in [1.82, 2.24) is 0 Å². The van der Waals surface area contributed by atoms with E-state index in [0.717, 1.165) is 12.8 Å². The summed E-state index contributed by atoms with van der Waals surface area (Å²) in [4.78, 5) is 23.4. The lowest BCUT2D eigenvalue weighted by molar-refractivity contribution is -0.202. The number of carbonyl (C=O) groups excluding carboxylic acids is 2. The standard InChI is InChI=1S/C12H13FO6S/c1-11(13,20(16)17)10(15)19-8-7-6-5(9(14)18-7)2-4-3-12(4,6)8/h4-8H,2-3H2,1H3,(H,16,17). The van der Waals surface area contributed by atoms with Crippen LogP contribution < -0.4 is 0 Å². The summed E-state index contributed by atoms with van der Waals surface area (Å²) in [7, 11) is 0. The predicted octanol–water partition coefficient (Wildman–Crippen LogP) is 0.387. The van der Waals surface area contributed by atoms with Crippen LogP contribution in [0.2, 0.25) is 0 Å². The highest BCUT2D eigenvalue weighted by molar-refractivity contribution is 7.81. The quantitative estimate of drug-likeness (QED) is 0.599. The number of carbonyl (C=O) groups is 2. The molecule has 1 aliphatic heterocycles. The van der Waals surface area contributed by atoms with E-state index in [1.807, 2.05) is 0 Å². The van der Waals surface area contributed by atoms with E-state index in [2.05, 4.69) is 0 Å². The van der Waals surface area contributed by atoms with Gasteiger partial charge in [0.05, 0.1) is 5.92 Å². The Morgan fingerprint density at radius 1 is 1.65 bits per heavy atom. The Labute approximate surface area is 116 Å². The summed E-state index contributed by atoms with van der Waals surface area (Å²) >= 11 is -2.97. The molecule has 1 heterocycles. The molecule has 4 rings (SSSR count). The summed E-state index contributed by atoms with van der Waals surface area (Å²) in [5.41, 5.74) is -0.246. The highest BCUT2D eigenvalue weighted by atomic mass is 32.2. The van der Waals surface area contributed by atoms with Gasteiger partial charge in [-0.2, -0.15) is 0 Å². The van der Waals surface area contributed by atoms with Gasteiger partial charge in [0.2, 0.25) is 11.1 Å². The smallest absolute Gasteiger partial charge is 0.359 e. The van der Waals surface area contributed by atoms with E-state index in [1.54, 1.807) is 0 Å². The maximum atomic E-state index is 13.8. The fraction of sp³-hybridized carbons (Fsp3) is 0.833. The van der Waals surface area contributed by atoms with Crippen LogP contribution in [0.5, 0.6) is 0 Å². The van der Waals surface area contributed by atoms with Crippen LogP contribution in [0.4, 0.5) is 4.39 Å². The first kappa shape index (κ1) is 12.7. The van der Waals surface area contributed by atoms with Gasteiger partial charge in [0.25, 0.3) is 0 Å². The number of halogens is 1. The van der Waals surface area contributed by atoms with Crippen LogP contribution in [0.15, 0.2) is 0 Å². The number of esters is 2. The molecular weight excluding hydrogens is 291 g/mol. The summed E-state index contributed by atoms with van der Waals surface area (Å²) < 4.78 is 43.7. The minimum atomic E-state index is -2.97. The number of alkyl halides is 1. The van der Waals surface area contributed by atoms with Crippen LogP contribution >= 0.6 is 0 Å². The first-order chi connectivity index (χ1) is 9.30. The number of hydrogen-bond acceptors (Lipinski definition) is 5. The van der Waals surface area contributed by atoms with Gasteiger partial charge >= 0.3 is 16.9 Å². The van der Waals surface area contributed by atoms with E-state index >= 15 is 0 Å². The molecule has 8 heteroatoms. The first-order valence-corrected chi connectivity index (χ1v) is 7.62. The van der Waals surface area contributed by atoms with Crippen molar-refractivity contribution >= 4 is 23.0 Å². The van der Waals surface area contributed by atoms with E-state index in [9.17, 15) is 18.2 Å². The molecule has 20 heavy (non-hydrogen) atoms. The van der Waals surface area contributed by atoms with Crippen LogP contribution in [-0.4, -0.2) is 37.9 Å². The minimum Gasteiger partial charge on any atom is -0.458 e. The Bertz CT molecular complexity index is 562. The molecule has 0 aromatic rings. The molecule has 0 amide bonds. The van der Waals surface area contributed by atoms with Crippen LogP contribution in [-0.2, 0) is 30.1 Å². The van der Waals surface area contributed by atoms with Crippen molar-refractivity contribution in [2.45, 2.75) is 37.0 Å². The minimum absolute atomic E-state index is 0.0725. The molecule has 0 aromatic carbocycles. The van der Waals surface area contributed by atoms with Gasteiger partial charge in [0.15, 0.2) is 0 Å². The maximum absolute atomic E-state index is 13.8. The molecule has 4 fully saturated rings. The predicted molar refractivity (Wildman–Crippen MR) is 62.2 cm³/mol. The van der Waals surface area contributed by atoms with Gasteiger partial charge in [-0.05, 0) is 25.7 Å². The monoisotopic (exact) mass is 304 g/mol. The van der Waals surface area contributed by atoms with Crippen molar-refractivity contribution in [3.8, 4) is 0 Å². The largest absolute Gasteiger partial charge is 0.458 e. The van der Waals surface area contributed by atoms with Gasteiger partial charge in [-0.1, -0.05) is 0 Å². The number of ether oxygens (including phenoxy) is 2. The Balaban J connectivity index is 1.56. The van der Waals surface area contributed by atoms with Crippen LogP contribution in [0.25, 0.3) is 0 Å². The van der Waals surface area contributed by atoms with Crippen molar-refractivity contribution in [1.29, 1.82) is 0 Å². The molecule has 8 unspecified atom stereocenters. The Kier molecular flexibility index (Phi) is 2.17. The second kappa shape index (κ2) is 3.41. The maximum Gasteiger partial charge on any atom is 0.359 e. The highest BCUT2D eigenvalue weighted by Crippen LogP contribution is 2.80. The molecule has 110 valence electrons. The van der Waals surface area contributed by atoms with Crippen molar-refractivity contribution in [3.05, 3.63) is 0 Å². The third-order valence-corrected chi connectivity index (χ3v) is 6.28. The number of hydrogen-bond donors (Lipinski definition) is 1. The van der Waals surface area contributed by atoms with E-state index in [0.29, 0.717) is 12.8 Å². The van der Waals surface area contributed by atoms with E-state index < -0.39 is 34.3 Å². The lowest BCUT2D eigenvalue weighted by Crippen LogP contribution is -2.59. The first-order valence-electron chi connectivity index (χ1n) is 6.51. The second-order valence-electron chi connectivity index (χ2n) is 6.27. The van der Waals surface area contributed by atoms with E-state index in [1.165, 1.54) is 0 Å². The SMILES string of the molecule is CC(F)(C(=O)OC1C2OC(=O)C3CC4CC41C32)S(=O)O. The molecule has 6 nitrogen and oxygen atoms in total. The topological polar surface area (TPSA) is 89.9 Å². The molecular formula is C12H13FO6S. The summed E-state index contributed by atoms with van der Waals surface area (Å²) in [6, 6.07) is 0. The van der Waals surface area contributed by atoms with E-state index in [-0.39, 0.29) is 23.2 Å². The van der Waals surface area contributed by atoms with Crippen LogP contribution in [0, 0.1) is 23.2 Å². The summed E-state index contributed by atoms with van der Waals surface area (Å²) in [6.45, 7) is 0.710. The Morgan fingerprint density at radius 3 is 3.00 bits per heavy atom. The normalized spacial score (nSPS) is 51.1. The van der Waals surface area contributed by atoms with Crippen molar-refractivity contribution in [2.75, 3.05) is 0 Å². The molecule has 1 spiro atoms. The van der Waals surface area contributed by atoms with Crippen LogP contribution in [0.1, 0.15) is 19.8 Å².